The van der Waals surface area contributed by atoms with E-state index in [-0.39, 0.29) is 16.7 Å². The summed E-state index contributed by atoms with van der Waals surface area (Å²) < 4.78 is 0.983. The molecule has 0 fully saturated rings. The van der Waals surface area contributed by atoms with Crippen LogP contribution in [-0.4, -0.2) is 27.1 Å². The van der Waals surface area contributed by atoms with E-state index in [0.717, 1.165) is 14.8 Å². The number of hydrogen-bond acceptors (Lipinski definition) is 4. The maximum atomic E-state index is 12.1. The van der Waals surface area contributed by atoms with Crippen LogP contribution in [0, 0.1) is 17.4 Å². The predicted octanol–water partition coefficient (Wildman–Crippen LogP) is 1.58. The number of aromatic nitrogens is 2. The number of carbonyl (C=O) groups is 2. The SMILES string of the molecule is Cc1cc(C(=O)NNC(=S)NC(=O)c2ccc(C)c(I)c2)n[nH]1. The molecule has 0 aliphatic heterocycles. The molecule has 0 aliphatic rings. The molecule has 2 amide bonds. The number of nitrogens with one attached hydrogen (secondary N) is 4. The van der Waals surface area contributed by atoms with Gasteiger partial charge in [-0.05, 0) is 72.4 Å². The first-order valence-corrected chi connectivity index (χ1v) is 8.05. The molecule has 1 heterocycles. The van der Waals surface area contributed by atoms with E-state index >= 15 is 0 Å². The molecule has 0 saturated carbocycles. The van der Waals surface area contributed by atoms with Crippen molar-refractivity contribution in [2.24, 2.45) is 0 Å². The first-order valence-electron chi connectivity index (χ1n) is 6.56. The van der Waals surface area contributed by atoms with Gasteiger partial charge in [0.1, 0.15) is 0 Å². The van der Waals surface area contributed by atoms with Crippen molar-refractivity contribution >= 4 is 51.7 Å². The summed E-state index contributed by atoms with van der Waals surface area (Å²) in [6.07, 6.45) is 0. The summed E-state index contributed by atoms with van der Waals surface area (Å²) in [6, 6.07) is 6.92. The third-order valence-electron chi connectivity index (χ3n) is 2.89. The van der Waals surface area contributed by atoms with Crippen LogP contribution in [0.4, 0.5) is 0 Å². The van der Waals surface area contributed by atoms with E-state index in [9.17, 15) is 9.59 Å². The van der Waals surface area contributed by atoms with Crippen molar-refractivity contribution in [3.05, 3.63) is 50.4 Å². The molecule has 1 aromatic heterocycles. The quantitative estimate of drug-likeness (QED) is 0.321. The van der Waals surface area contributed by atoms with Gasteiger partial charge in [-0.25, -0.2) is 0 Å². The van der Waals surface area contributed by atoms with Gasteiger partial charge in [-0.3, -0.25) is 30.9 Å². The standard InChI is InChI=1S/C14H14IN5O2S/c1-7-3-4-9(6-10(7)15)12(21)16-14(23)20-19-13(22)11-5-8(2)17-18-11/h3-6H,1-2H3,(H,17,18)(H,19,22)(H2,16,20,21,23). The minimum atomic E-state index is -0.462. The molecule has 120 valence electrons. The number of hydrazine groups is 1. The lowest BCUT2D eigenvalue weighted by molar-refractivity contribution is 0.0930. The molecule has 0 radical (unpaired) electrons. The number of amides is 2. The van der Waals surface area contributed by atoms with Gasteiger partial charge in [-0.1, -0.05) is 6.07 Å². The highest BCUT2D eigenvalue weighted by molar-refractivity contribution is 14.1. The largest absolute Gasteiger partial charge is 0.298 e. The summed E-state index contributed by atoms with van der Waals surface area (Å²) in [7, 11) is 0. The minimum absolute atomic E-state index is 0.00816. The van der Waals surface area contributed by atoms with Gasteiger partial charge in [0, 0.05) is 14.8 Å². The molecule has 2 rings (SSSR count). The summed E-state index contributed by atoms with van der Waals surface area (Å²) in [6.45, 7) is 3.74. The van der Waals surface area contributed by atoms with E-state index in [1.165, 1.54) is 0 Å². The number of nitrogens with zero attached hydrogens (tertiary/aromatic N) is 1. The number of carbonyl (C=O) groups excluding carboxylic acids is 2. The predicted molar refractivity (Wildman–Crippen MR) is 97.9 cm³/mol. The maximum absolute atomic E-state index is 12.1. The smallest absolute Gasteiger partial charge is 0.290 e. The maximum Gasteiger partial charge on any atom is 0.290 e. The van der Waals surface area contributed by atoms with Gasteiger partial charge in [0.25, 0.3) is 11.8 Å². The summed E-state index contributed by atoms with van der Waals surface area (Å²) in [5, 5.41) is 8.95. The summed E-state index contributed by atoms with van der Waals surface area (Å²) in [5.74, 6) is -0.818. The molecule has 4 N–H and O–H groups in total. The second-order valence-electron chi connectivity index (χ2n) is 4.76. The molecule has 2 aromatic rings. The van der Waals surface area contributed by atoms with E-state index in [4.69, 9.17) is 12.2 Å². The Kier molecular flexibility index (Phi) is 5.66. The number of thiocarbonyl (C=S) groups is 1. The molecule has 0 bridgehead atoms. The Morgan fingerprint density at radius 3 is 2.52 bits per heavy atom. The summed E-state index contributed by atoms with van der Waals surface area (Å²) in [4.78, 5) is 23.8. The average Bonchev–Trinajstić information content (AvgIpc) is 2.94. The van der Waals surface area contributed by atoms with Gasteiger partial charge < -0.3 is 0 Å². The van der Waals surface area contributed by atoms with Crippen LogP contribution in [0.15, 0.2) is 24.3 Å². The highest BCUT2D eigenvalue weighted by Crippen LogP contribution is 2.13. The van der Waals surface area contributed by atoms with Gasteiger partial charge in [0.05, 0.1) is 0 Å². The van der Waals surface area contributed by atoms with Crippen molar-refractivity contribution in [3.8, 4) is 0 Å². The number of hydrogen-bond donors (Lipinski definition) is 4. The molecular weight excluding hydrogens is 429 g/mol. The van der Waals surface area contributed by atoms with Gasteiger partial charge in [-0.15, -0.1) is 0 Å². The zero-order valence-corrected chi connectivity index (χ0v) is 15.3. The lowest BCUT2D eigenvalue weighted by atomic mass is 10.1. The third kappa shape index (κ3) is 4.73. The molecule has 0 atom stereocenters. The Labute approximate surface area is 151 Å². The van der Waals surface area contributed by atoms with Crippen molar-refractivity contribution in [2.45, 2.75) is 13.8 Å². The fourth-order valence-electron chi connectivity index (χ4n) is 1.65. The molecular formula is C14H14IN5O2S. The topological polar surface area (TPSA) is 98.9 Å². The van der Waals surface area contributed by atoms with Gasteiger partial charge in [0.15, 0.2) is 10.8 Å². The van der Waals surface area contributed by atoms with Crippen LogP contribution in [0.2, 0.25) is 0 Å². The van der Waals surface area contributed by atoms with Crippen molar-refractivity contribution in [3.63, 3.8) is 0 Å². The second-order valence-corrected chi connectivity index (χ2v) is 6.33. The van der Waals surface area contributed by atoms with Crippen LogP contribution >= 0.6 is 34.8 Å². The Balaban J connectivity index is 1.88. The highest BCUT2D eigenvalue weighted by atomic mass is 127. The van der Waals surface area contributed by atoms with Gasteiger partial charge in [-0.2, -0.15) is 5.10 Å². The lowest BCUT2D eigenvalue weighted by Gasteiger charge is -2.10. The monoisotopic (exact) mass is 443 g/mol. The second kappa shape index (κ2) is 7.51. The zero-order chi connectivity index (χ0) is 17.0. The van der Waals surface area contributed by atoms with Crippen molar-refractivity contribution in [1.29, 1.82) is 0 Å². The van der Waals surface area contributed by atoms with Crippen molar-refractivity contribution in [1.82, 2.24) is 26.4 Å². The number of rotatable bonds is 2. The van der Waals surface area contributed by atoms with Crippen LogP contribution in [0.1, 0.15) is 32.1 Å². The van der Waals surface area contributed by atoms with Gasteiger partial charge >= 0.3 is 0 Å². The Bertz CT molecular complexity index is 774. The normalized spacial score (nSPS) is 10.0. The van der Waals surface area contributed by atoms with E-state index in [1.54, 1.807) is 25.1 Å². The fraction of sp³-hybridized carbons (Fsp3) is 0.143. The number of H-pyrrole nitrogens is 1. The molecule has 9 heteroatoms. The number of halogens is 1. The lowest BCUT2D eigenvalue weighted by Crippen LogP contribution is -2.48. The van der Waals surface area contributed by atoms with Crippen LogP contribution in [-0.2, 0) is 0 Å². The number of aromatic amines is 1. The molecule has 0 saturated heterocycles. The first-order chi connectivity index (χ1) is 10.9. The van der Waals surface area contributed by atoms with Crippen LogP contribution < -0.4 is 16.2 Å². The summed E-state index contributed by atoms with van der Waals surface area (Å²) in [5.41, 5.74) is 7.38. The van der Waals surface area contributed by atoms with E-state index in [2.05, 4.69) is 49.0 Å². The van der Waals surface area contributed by atoms with E-state index < -0.39 is 5.91 Å². The molecule has 1 aromatic carbocycles. The Hall–Kier alpha value is -2.01. The summed E-state index contributed by atoms with van der Waals surface area (Å²) >= 11 is 7.13. The zero-order valence-electron chi connectivity index (χ0n) is 12.4. The van der Waals surface area contributed by atoms with Crippen molar-refractivity contribution in [2.75, 3.05) is 0 Å². The molecule has 23 heavy (non-hydrogen) atoms. The van der Waals surface area contributed by atoms with E-state index in [1.807, 2.05) is 13.0 Å². The highest BCUT2D eigenvalue weighted by Gasteiger charge is 2.12. The third-order valence-corrected chi connectivity index (χ3v) is 4.26. The minimum Gasteiger partial charge on any atom is -0.298 e. The first kappa shape index (κ1) is 17.3. The molecule has 7 nitrogen and oxygen atoms in total. The fourth-order valence-corrected chi connectivity index (χ4v) is 2.31. The number of benzene rings is 1. The Morgan fingerprint density at radius 2 is 1.91 bits per heavy atom. The molecule has 0 unspecified atom stereocenters. The van der Waals surface area contributed by atoms with Crippen LogP contribution in [0.5, 0.6) is 0 Å². The van der Waals surface area contributed by atoms with Crippen LogP contribution in [0.3, 0.4) is 0 Å². The Morgan fingerprint density at radius 1 is 1.17 bits per heavy atom. The van der Waals surface area contributed by atoms with Gasteiger partial charge in [0.2, 0.25) is 0 Å². The molecule has 0 spiro atoms. The molecule has 0 aliphatic carbocycles. The number of aryl methyl sites for hydroxylation is 2. The average molecular weight is 443 g/mol. The van der Waals surface area contributed by atoms with E-state index in [0.29, 0.717) is 5.56 Å². The van der Waals surface area contributed by atoms with Crippen molar-refractivity contribution < 1.29 is 9.59 Å². The van der Waals surface area contributed by atoms with Crippen LogP contribution in [0.25, 0.3) is 0 Å².